The predicted molar refractivity (Wildman–Crippen MR) is 480 cm³/mol. The van der Waals surface area contributed by atoms with Gasteiger partial charge in [0.15, 0.2) is 0 Å². The molecule has 4 fully saturated rings. The molecule has 1 aliphatic carbocycles. The fraction of sp³-hybridized carbons (Fsp3) is 0.586. The molecule has 0 bridgehead atoms. The molecule has 125 heavy (non-hydrogen) atoms. The second kappa shape index (κ2) is 51.6. The molecule has 3 aliphatic heterocycles. The molecule has 7 rings (SSSR count). The summed E-state index contributed by atoms with van der Waals surface area (Å²) in [4.78, 5) is 218. The lowest BCUT2D eigenvalue weighted by molar-refractivity contribution is -0.154. The molecule has 3 saturated heterocycles. The highest BCUT2D eigenvalue weighted by molar-refractivity contribution is 14.1. The van der Waals surface area contributed by atoms with Crippen LogP contribution in [0.4, 0.5) is 4.79 Å². The molecule has 14 N–H and O–H groups in total. The van der Waals surface area contributed by atoms with Crippen molar-refractivity contribution < 1.29 is 96.0 Å². The van der Waals surface area contributed by atoms with E-state index in [1.54, 1.807) is 39.8 Å². The first-order chi connectivity index (χ1) is 59.1. The quantitative estimate of drug-likeness (QED) is 0.0228. The number of carbonyl (C=O) groups is 16. The maximum atomic E-state index is 14.8. The van der Waals surface area contributed by atoms with Crippen molar-refractivity contribution in [1.82, 2.24) is 73.2 Å². The Morgan fingerprint density at radius 2 is 1.39 bits per heavy atom. The van der Waals surface area contributed by atoms with E-state index in [2.05, 4.69) is 65.1 Å². The van der Waals surface area contributed by atoms with Gasteiger partial charge in [-0.15, -0.1) is 0 Å². The summed E-state index contributed by atoms with van der Waals surface area (Å²) in [6.07, 6.45) is 4.27. The Labute approximate surface area is 752 Å². The number of likely N-dealkylation sites (tertiary alicyclic amines) is 1. The predicted octanol–water partition coefficient (Wildman–Crippen LogP) is 3.44. The van der Waals surface area contributed by atoms with E-state index in [4.69, 9.17) is 19.9 Å². The molecule has 0 spiro atoms. The molecule has 3 aromatic rings. The van der Waals surface area contributed by atoms with E-state index < -0.39 is 156 Å². The number of hydrogen-bond acceptors (Lipinski definition) is 23. The Kier molecular flexibility index (Phi) is 42.9. The Bertz CT molecular complexity index is 4260. The van der Waals surface area contributed by atoms with Crippen LogP contribution < -0.4 is 64.2 Å². The van der Waals surface area contributed by atoms with Crippen molar-refractivity contribution in [3.05, 3.63) is 105 Å². The SMILES string of the molecule is C=C(N)c1ccc(CNC(=O)[C@@H]2CCN2C(=O)[C@@H](C2CCCCC2)N(CC(=O)NCCOCCOCC(=O)N[C@@H](CC(C)=O)C(=O)NC)C(=O)OC(C)(C)C)cc1.CNC(=O)[C@@H]1CSSC[C@H](NC(=O)[C@@H](CCC(C)=O)NC(=O)[C@@H](C)Cc2ccc(C)cc2)C(=O)N2C[C@H](C)C[C@H]2C(=O)N[C@@H](Cc2ccc(O)c(I)c2)C(=O)NCC(=O)N[C@@H](CC(C)C)C(=O)N1. The number of nitrogens with zero attached hydrogens (tertiary/aromatic N) is 3. The van der Waals surface area contributed by atoms with Crippen molar-refractivity contribution in [2.45, 2.75) is 219 Å². The zero-order chi connectivity index (χ0) is 92.4. The summed E-state index contributed by atoms with van der Waals surface area (Å²) < 4.78 is 17.0. The van der Waals surface area contributed by atoms with Crippen LogP contribution in [0.25, 0.3) is 5.70 Å². The van der Waals surface area contributed by atoms with Crippen LogP contribution in [0.1, 0.15) is 161 Å². The van der Waals surface area contributed by atoms with E-state index in [0.29, 0.717) is 47.1 Å². The van der Waals surface area contributed by atoms with Gasteiger partial charge in [-0.2, -0.15) is 0 Å². The van der Waals surface area contributed by atoms with Crippen molar-refractivity contribution in [3.8, 4) is 5.75 Å². The molecule has 0 aromatic heterocycles. The number of amides is 14. The van der Waals surface area contributed by atoms with Crippen molar-refractivity contribution in [3.63, 3.8) is 0 Å². The topological polar surface area (TPSA) is 489 Å². The number of fused-ring (bicyclic) bond motifs is 1. The molecule has 3 heterocycles. The zero-order valence-electron chi connectivity index (χ0n) is 73.6. The van der Waals surface area contributed by atoms with Gasteiger partial charge in [-0.25, -0.2) is 4.79 Å². The summed E-state index contributed by atoms with van der Waals surface area (Å²) in [5.41, 5.74) is 9.50. The molecule has 1 saturated carbocycles. The Morgan fingerprint density at radius 1 is 0.728 bits per heavy atom. The number of likely N-dealkylation sites (N-methyl/N-ethyl adjacent to an activating group) is 2. The number of nitrogens with one attached hydrogen (secondary N) is 11. The van der Waals surface area contributed by atoms with E-state index in [9.17, 15) is 81.8 Å². The number of benzene rings is 3. The van der Waals surface area contributed by atoms with E-state index in [0.717, 1.165) is 63.1 Å². The first-order valence-electron chi connectivity index (χ1n) is 42.3. The average molecular weight is 1890 g/mol. The van der Waals surface area contributed by atoms with Crippen molar-refractivity contribution in [2.24, 2.45) is 29.4 Å². The third-order valence-electron chi connectivity index (χ3n) is 21.1. The molecule has 11 atom stereocenters. The van der Waals surface area contributed by atoms with Gasteiger partial charge < -0.3 is 98.1 Å². The highest BCUT2D eigenvalue weighted by Crippen LogP contribution is 2.35. The molecule has 38 heteroatoms. The van der Waals surface area contributed by atoms with Crippen LogP contribution >= 0.6 is 44.2 Å². The molecule has 3 aromatic carbocycles. The lowest BCUT2D eigenvalue weighted by atomic mass is 9.81. The van der Waals surface area contributed by atoms with E-state index in [-0.39, 0.29) is 137 Å². The molecule has 14 amide bonds. The van der Waals surface area contributed by atoms with Crippen LogP contribution in [0.3, 0.4) is 0 Å². The number of nitrogens with two attached hydrogens (primary N) is 1. The molecular formula is C87H126IN15O20S2. The minimum atomic E-state index is -1.29. The van der Waals surface area contributed by atoms with E-state index in [1.807, 2.05) is 98.8 Å². The monoisotopic (exact) mass is 1890 g/mol. The Hall–Kier alpha value is -9.93. The van der Waals surface area contributed by atoms with E-state index in [1.165, 1.54) is 48.7 Å². The fourth-order valence-electron chi connectivity index (χ4n) is 14.4. The molecule has 0 radical (unpaired) electrons. The summed E-state index contributed by atoms with van der Waals surface area (Å²) in [6, 6.07) is 10.0. The largest absolute Gasteiger partial charge is 0.507 e. The van der Waals surface area contributed by atoms with Crippen molar-refractivity contribution in [1.29, 1.82) is 0 Å². The van der Waals surface area contributed by atoms with Crippen LogP contribution in [-0.4, -0.2) is 259 Å². The fourth-order valence-corrected chi connectivity index (χ4v) is 17.3. The minimum Gasteiger partial charge on any atom is -0.507 e. The summed E-state index contributed by atoms with van der Waals surface area (Å²) in [7, 11) is 5.09. The first kappa shape index (κ1) is 104. The number of carbonyl (C=O) groups excluding carboxylic acids is 16. The summed E-state index contributed by atoms with van der Waals surface area (Å²) >= 11 is 1.94. The van der Waals surface area contributed by atoms with Crippen LogP contribution in [0.2, 0.25) is 0 Å². The van der Waals surface area contributed by atoms with Crippen molar-refractivity contribution >= 4 is 144 Å². The number of phenolic OH excluding ortho intramolecular Hbond substituents is 1. The van der Waals surface area contributed by atoms with Gasteiger partial charge >= 0.3 is 6.09 Å². The van der Waals surface area contributed by atoms with Gasteiger partial charge in [0.25, 0.3) is 0 Å². The Morgan fingerprint density at radius 3 is 2.01 bits per heavy atom. The number of Topliss-reactive ketones (excluding diaryl/α,β-unsaturated/α-hetero) is 2. The highest BCUT2D eigenvalue weighted by Gasteiger charge is 2.48. The number of aromatic hydroxyl groups is 1. The van der Waals surface area contributed by atoms with Gasteiger partial charge in [-0.1, -0.05) is 135 Å². The maximum absolute atomic E-state index is 14.8. The van der Waals surface area contributed by atoms with Gasteiger partial charge in [-0.05, 0) is 161 Å². The number of aryl methyl sites for hydroxylation is 1. The van der Waals surface area contributed by atoms with Gasteiger partial charge in [0.05, 0.1) is 29.9 Å². The van der Waals surface area contributed by atoms with Gasteiger partial charge in [0.1, 0.15) is 90.4 Å². The molecule has 0 unspecified atom stereocenters. The molecule has 35 nitrogen and oxygen atoms in total. The Balaban J connectivity index is 0.000000392. The summed E-state index contributed by atoms with van der Waals surface area (Å²) in [5, 5.41) is 39.6. The standard InChI is InChI=1S/C47H65IN8O10S2.C40H61N7O10/c1-25(2)16-34-45(64)54-36(42(61)49-7)23-67-68-24-37(55-44(63)33(14-10-29(6)57)52-41(60)28(5)18-30-11-8-26(3)9-12-30)47(66)56-22-27(4)17-38(56)46(65)53-35(43(62)50-21-40(59)51-34)20-31-13-15-39(58)32(48)19-31;1-26(48)22-31(36(51)42-6)45-34(50)25-56-21-20-55-19-17-43-33(49)24-47(39(54)57-40(3,4)5)35(30-10-8-7-9-11-30)38(53)46-18-16-32(46)37(52)44-23-28-12-14-29(15-13-28)27(2)41/h8-9,11-13,15,19,25,27-28,33-38,58H,10,14,16-18,20-24H2,1-7H3,(H,49,61)(H,50,62)(H,51,59)(H,52,60)(H,53,65)(H,54,64)(H,55,63);12-15,30-32,35H,2,7-11,16-25,41H2,1,3-6H3,(H,42,51)(H,43,49)(H,44,52)(H,45,50)/t27-,28+,33-,34+,35+,36+,37+,38+;31-,32-,35+/m10/s1. The summed E-state index contributed by atoms with van der Waals surface area (Å²) in [5.74, 6) is -8.84. The summed E-state index contributed by atoms with van der Waals surface area (Å²) in [6.45, 7) is 20.5. The molecule has 4 aliphatic rings. The van der Waals surface area contributed by atoms with Gasteiger partial charge in [0, 0.05) is 82.7 Å². The number of rotatable bonds is 35. The third kappa shape index (κ3) is 35.1. The minimum absolute atomic E-state index is 0.00670. The number of phenols is 1. The highest BCUT2D eigenvalue weighted by atomic mass is 127. The zero-order valence-corrected chi connectivity index (χ0v) is 77.3. The number of hydrogen-bond donors (Lipinski definition) is 13. The van der Waals surface area contributed by atoms with E-state index >= 15 is 0 Å². The van der Waals surface area contributed by atoms with Crippen LogP contribution in [-0.2, 0) is 106 Å². The normalized spacial score (nSPS) is 20.2. The van der Waals surface area contributed by atoms with Crippen LogP contribution in [0.15, 0.2) is 73.3 Å². The van der Waals surface area contributed by atoms with Crippen LogP contribution in [0, 0.1) is 34.2 Å². The van der Waals surface area contributed by atoms with Gasteiger partial charge in [-0.3, -0.25) is 72.0 Å². The maximum Gasteiger partial charge on any atom is 0.411 e. The smallest absolute Gasteiger partial charge is 0.411 e. The molecular weight excluding hydrogens is 1770 g/mol. The lowest BCUT2D eigenvalue weighted by Gasteiger charge is -2.46. The number of halogens is 1. The number of ether oxygens (including phenoxy) is 3. The second-order valence-electron chi connectivity index (χ2n) is 33.4. The second-order valence-corrected chi connectivity index (χ2v) is 37.2. The third-order valence-corrected chi connectivity index (χ3v) is 24.4. The van der Waals surface area contributed by atoms with Gasteiger partial charge in [0.2, 0.25) is 76.8 Å². The molecule has 688 valence electrons. The van der Waals surface area contributed by atoms with Crippen molar-refractivity contribution in [2.75, 3.05) is 84.8 Å². The average Bonchev–Trinajstić information content (AvgIpc) is 0.933. The number of ketones is 2. The lowest BCUT2D eigenvalue weighted by Crippen LogP contribution is -2.65. The van der Waals surface area contributed by atoms with Crippen LogP contribution in [0.5, 0.6) is 5.75 Å². The first-order valence-corrected chi connectivity index (χ1v) is 45.8.